The summed E-state index contributed by atoms with van der Waals surface area (Å²) in [6.45, 7) is 2.42. The number of likely N-dealkylation sites (tertiary alicyclic amines) is 1. The lowest BCUT2D eigenvalue weighted by atomic mass is 10.1. The number of hydrogen-bond donors (Lipinski definition) is 1. The number of hydrogen-bond acceptors (Lipinski definition) is 4. The van der Waals surface area contributed by atoms with Gasteiger partial charge in [-0.15, -0.1) is 0 Å². The molecule has 1 atom stereocenters. The monoisotopic (exact) mass is 298 g/mol. The van der Waals surface area contributed by atoms with E-state index in [1.54, 1.807) is 12.1 Å². The van der Waals surface area contributed by atoms with Crippen LogP contribution in [0, 0.1) is 0 Å². The molecule has 0 spiro atoms. The van der Waals surface area contributed by atoms with Crippen molar-refractivity contribution in [2.45, 2.75) is 30.4 Å². The molecule has 1 heterocycles. The van der Waals surface area contributed by atoms with Gasteiger partial charge < -0.3 is 5.11 Å². The van der Waals surface area contributed by atoms with E-state index < -0.39 is 10.0 Å². The van der Waals surface area contributed by atoms with Gasteiger partial charge in [0, 0.05) is 27.2 Å². The van der Waals surface area contributed by atoms with Crippen LogP contribution >= 0.6 is 0 Å². The van der Waals surface area contributed by atoms with Crippen molar-refractivity contribution in [3.63, 3.8) is 0 Å². The first kappa shape index (κ1) is 15.4. The van der Waals surface area contributed by atoms with Gasteiger partial charge in [-0.2, -0.15) is 0 Å². The molecule has 0 unspecified atom stereocenters. The molecule has 0 amide bonds. The van der Waals surface area contributed by atoms with E-state index in [4.69, 9.17) is 0 Å². The van der Waals surface area contributed by atoms with Gasteiger partial charge in [0.25, 0.3) is 0 Å². The second-order valence-electron chi connectivity index (χ2n) is 5.46. The van der Waals surface area contributed by atoms with Crippen molar-refractivity contribution in [1.29, 1.82) is 0 Å². The van der Waals surface area contributed by atoms with Gasteiger partial charge in [0.1, 0.15) is 0 Å². The SMILES string of the molecule is CN(C)S(=O)(=O)c1ccc(CN2CCC[C@H](O)C2)cc1. The van der Waals surface area contributed by atoms with E-state index in [1.165, 1.54) is 18.4 Å². The number of nitrogens with zero attached hydrogens (tertiary/aromatic N) is 2. The van der Waals surface area contributed by atoms with E-state index in [0.717, 1.165) is 31.5 Å². The Morgan fingerprint density at radius 2 is 1.95 bits per heavy atom. The summed E-state index contributed by atoms with van der Waals surface area (Å²) in [6.07, 6.45) is 1.64. The highest BCUT2D eigenvalue weighted by Gasteiger charge is 2.19. The Bertz CT molecular complexity index is 540. The Balaban J connectivity index is 2.05. The van der Waals surface area contributed by atoms with Crippen molar-refractivity contribution in [2.75, 3.05) is 27.2 Å². The molecule has 0 saturated carbocycles. The first-order valence-electron chi connectivity index (χ1n) is 6.81. The molecule has 1 aliphatic rings. The first-order valence-corrected chi connectivity index (χ1v) is 8.25. The second-order valence-corrected chi connectivity index (χ2v) is 7.61. The van der Waals surface area contributed by atoms with Crippen molar-refractivity contribution in [3.05, 3.63) is 29.8 Å². The molecule has 5 nitrogen and oxygen atoms in total. The van der Waals surface area contributed by atoms with Crippen molar-refractivity contribution in [2.24, 2.45) is 0 Å². The summed E-state index contributed by atoms with van der Waals surface area (Å²) in [5.74, 6) is 0. The molecule has 0 radical (unpaired) electrons. The molecule has 1 saturated heterocycles. The maximum absolute atomic E-state index is 12.0. The Kier molecular flexibility index (Phi) is 4.80. The number of piperidine rings is 1. The Morgan fingerprint density at radius 1 is 1.30 bits per heavy atom. The molecule has 112 valence electrons. The van der Waals surface area contributed by atoms with Crippen molar-refractivity contribution in [3.8, 4) is 0 Å². The summed E-state index contributed by atoms with van der Waals surface area (Å²) < 4.78 is 25.1. The van der Waals surface area contributed by atoms with Gasteiger partial charge in [-0.25, -0.2) is 12.7 Å². The lowest BCUT2D eigenvalue weighted by molar-refractivity contribution is 0.0668. The molecular formula is C14H22N2O3S. The molecular weight excluding hydrogens is 276 g/mol. The highest BCUT2D eigenvalue weighted by atomic mass is 32.2. The largest absolute Gasteiger partial charge is 0.392 e. The summed E-state index contributed by atoms with van der Waals surface area (Å²) >= 11 is 0. The quantitative estimate of drug-likeness (QED) is 0.897. The van der Waals surface area contributed by atoms with Gasteiger partial charge in [0.15, 0.2) is 0 Å². The molecule has 1 aromatic carbocycles. The van der Waals surface area contributed by atoms with Crippen LogP contribution in [-0.4, -0.2) is 56.0 Å². The van der Waals surface area contributed by atoms with Crippen LogP contribution in [-0.2, 0) is 16.6 Å². The summed E-state index contributed by atoms with van der Waals surface area (Å²) in [7, 11) is -0.303. The van der Waals surface area contributed by atoms with Gasteiger partial charge in [-0.05, 0) is 37.1 Å². The van der Waals surface area contributed by atoms with E-state index in [2.05, 4.69) is 4.90 Å². The lowest BCUT2D eigenvalue weighted by Gasteiger charge is -2.30. The topological polar surface area (TPSA) is 60.9 Å². The minimum atomic E-state index is -3.36. The number of rotatable bonds is 4. The fourth-order valence-electron chi connectivity index (χ4n) is 2.41. The molecule has 1 fully saturated rings. The third kappa shape index (κ3) is 3.58. The zero-order chi connectivity index (χ0) is 14.8. The van der Waals surface area contributed by atoms with E-state index in [9.17, 15) is 13.5 Å². The maximum atomic E-state index is 12.0. The zero-order valence-electron chi connectivity index (χ0n) is 12.0. The first-order chi connectivity index (χ1) is 9.39. The molecule has 1 N–H and O–H groups in total. The second kappa shape index (κ2) is 6.22. The fraction of sp³-hybridized carbons (Fsp3) is 0.571. The van der Waals surface area contributed by atoms with Crippen molar-refractivity contribution in [1.82, 2.24) is 9.21 Å². The highest BCUT2D eigenvalue weighted by molar-refractivity contribution is 7.89. The number of aliphatic hydroxyl groups excluding tert-OH is 1. The van der Waals surface area contributed by atoms with E-state index in [1.807, 2.05) is 12.1 Å². The van der Waals surface area contributed by atoms with Gasteiger partial charge in [-0.1, -0.05) is 12.1 Å². The van der Waals surface area contributed by atoms with Crippen LogP contribution in [0.25, 0.3) is 0 Å². The van der Waals surface area contributed by atoms with Crippen LogP contribution < -0.4 is 0 Å². The third-order valence-electron chi connectivity index (χ3n) is 3.59. The molecule has 0 bridgehead atoms. The Hall–Kier alpha value is -0.950. The molecule has 20 heavy (non-hydrogen) atoms. The van der Waals surface area contributed by atoms with Crippen LogP contribution in [0.5, 0.6) is 0 Å². The number of sulfonamides is 1. The predicted octanol–water partition coefficient (Wildman–Crippen LogP) is 0.894. The van der Waals surface area contributed by atoms with Crippen LogP contribution in [0.3, 0.4) is 0 Å². The number of β-amino-alcohol motifs (C(OH)–C–C–N with tert-alkyl or cyclic N) is 1. The number of benzene rings is 1. The smallest absolute Gasteiger partial charge is 0.242 e. The maximum Gasteiger partial charge on any atom is 0.242 e. The minimum Gasteiger partial charge on any atom is -0.392 e. The van der Waals surface area contributed by atoms with Crippen molar-refractivity contribution >= 4 is 10.0 Å². The van der Waals surface area contributed by atoms with Crippen LogP contribution in [0.15, 0.2) is 29.2 Å². The average molecular weight is 298 g/mol. The molecule has 0 aliphatic carbocycles. The van der Waals surface area contributed by atoms with E-state index in [-0.39, 0.29) is 6.10 Å². The average Bonchev–Trinajstić information content (AvgIpc) is 2.39. The van der Waals surface area contributed by atoms with Crippen LogP contribution in [0.4, 0.5) is 0 Å². The number of aliphatic hydroxyl groups is 1. The molecule has 1 aromatic rings. The molecule has 2 rings (SSSR count). The van der Waals surface area contributed by atoms with E-state index >= 15 is 0 Å². The molecule has 1 aliphatic heterocycles. The predicted molar refractivity (Wildman–Crippen MR) is 77.8 cm³/mol. The summed E-state index contributed by atoms with van der Waals surface area (Å²) in [5.41, 5.74) is 1.07. The molecule has 6 heteroatoms. The van der Waals surface area contributed by atoms with Gasteiger partial charge in [0.05, 0.1) is 11.0 Å². The highest BCUT2D eigenvalue weighted by Crippen LogP contribution is 2.17. The Morgan fingerprint density at radius 3 is 2.50 bits per heavy atom. The van der Waals surface area contributed by atoms with Crippen molar-refractivity contribution < 1.29 is 13.5 Å². The summed E-state index contributed by atoms with van der Waals surface area (Å²) in [5, 5.41) is 9.64. The zero-order valence-corrected chi connectivity index (χ0v) is 12.8. The van der Waals surface area contributed by atoms with Gasteiger partial charge >= 0.3 is 0 Å². The van der Waals surface area contributed by atoms with Gasteiger partial charge in [0.2, 0.25) is 10.0 Å². The summed E-state index contributed by atoms with van der Waals surface area (Å²) in [6, 6.07) is 6.98. The van der Waals surface area contributed by atoms with Crippen LogP contribution in [0.2, 0.25) is 0 Å². The van der Waals surface area contributed by atoms with Gasteiger partial charge in [-0.3, -0.25) is 4.90 Å². The normalized spacial score (nSPS) is 21.3. The van der Waals surface area contributed by atoms with Crippen LogP contribution in [0.1, 0.15) is 18.4 Å². The fourth-order valence-corrected chi connectivity index (χ4v) is 3.31. The third-order valence-corrected chi connectivity index (χ3v) is 5.42. The molecule has 0 aromatic heterocycles. The summed E-state index contributed by atoms with van der Waals surface area (Å²) in [4.78, 5) is 2.51. The minimum absolute atomic E-state index is 0.239. The van der Waals surface area contributed by atoms with E-state index in [0.29, 0.717) is 11.4 Å². The standard InChI is InChI=1S/C14H22N2O3S/c1-15(2)20(18,19)14-7-5-12(6-8-14)10-16-9-3-4-13(17)11-16/h5-8,13,17H,3-4,9-11H2,1-2H3/t13-/m0/s1. The lowest BCUT2D eigenvalue weighted by Crippen LogP contribution is -2.37. The Labute approximate surface area is 120 Å².